The van der Waals surface area contributed by atoms with Crippen LogP contribution in [0.25, 0.3) is 0 Å². The van der Waals surface area contributed by atoms with Gasteiger partial charge in [-0.2, -0.15) is 0 Å². The fraction of sp³-hybridized carbons (Fsp3) is 0.333. The van der Waals surface area contributed by atoms with E-state index in [2.05, 4.69) is 15.9 Å². The molecule has 3 heteroatoms. The van der Waals surface area contributed by atoms with Gasteiger partial charge >= 0.3 is 0 Å². The Morgan fingerprint density at radius 3 is 2.83 bits per heavy atom. The first-order chi connectivity index (χ1) is 5.59. The van der Waals surface area contributed by atoms with Crippen LogP contribution in [0, 0.1) is 0 Å². The van der Waals surface area contributed by atoms with E-state index in [1.807, 2.05) is 25.1 Å². The maximum atomic E-state index is 5.84. The third kappa shape index (κ3) is 2.77. The van der Waals surface area contributed by atoms with Gasteiger partial charge in [0.15, 0.2) is 0 Å². The lowest BCUT2D eigenvalue weighted by atomic mass is 10.1. The van der Waals surface area contributed by atoms with Crippen molar-refractivity contribution < 1.29 is 0 Å². The Labute approximate surface area is 86.0 Å². The summed E-state index contributed by atoms with van der Waals surface area (Å²) in [5, 5.41) is 0.758. The van der Waals surface area contributed by atoms with Crippen LogP contribution in [0.15, 0.2) is 22.7 Å². The molecule has 12 heavy (non-hydrogen) atoms. The maximum absolute atomic E-state index is 5.84. The van der Waals surface area contributed by atoms with Crippen LogP contribution in [0.4, 0.5) is 0 Å². The highest BCUT2D eigenvalue weighted by Crippen LogP contribution is 2.21. The Morgan fingerprint density at radius 2 is 2.25 bits per heavy atom. The molecule has 0 saturated carbocycles. The highest BCUT2D eigenvalue weighted by molar-refractivity contribution is 9.10. The summed E-state index contributed by atoms with van der Waals surface area (Å²) >= 11 is 9.28. The van der Waals surface area contributed by atoms with E-state index in [1.165, 1.54) is 0 Å². The second kappa shape index (κ2) is 4.26. The lowest BCUT2D eigenvalue weighted by Crippen LogP contribution is -2.17. The van der Waals surface area contributed by atoms with Crippen LogP contribution in [-0.2, 0) is 6.42 Å². The molecule has 0 aliphatic heterocycles. The van der Waals surface area contributed by atoms with Gasteiger partial charge in [0.05, 0.1) is 0 Å². The zero-order valence-electron chi connectivity index (χ0n) is 6.85. The molecule has 0 radical (unpaired) electrons. The quantitative estimate of drug-likeness (QED) is 0.855. The van der Waals surface area contributed by atoms with Crippen molar-refractivity contribution in [1.82, 2.24) is 0 Å². The van der Waals surface area contributed by atoms with E-state index in [0.717, 1.165) is 21.5 Å². The average Bonchev–Trinajstić information content (AvgIpc) is 1.96. The van der Waals surface area contributed by atoms with Gasteiger partial charge in [-0.3, -0.25) is 0 Å². The molecule has 0 saturated heterocycles. The lowest BCUT2D eigenvalue weighted by Gasteiger charge is -2.07. The molecule has 0 spiro atoms. The summed E-state index contributed by atoms with van der Waals surface area (Å²) in [7, 11) is 0. The number of hydrogen-bond donors (Lipinski definition) is 1. The van der Waals surface area contributed by atoms with Crippen molar-refractivity contribution in [3.63, 3.8) is 0 Å². The molecule has 66 valence electrons. The summed E-state index contributed by atoms with van der Waals surface area (Å²) in [6, 6.07) is 5.91. The normalized spacial score (nSPS) is 13.0. The molecule has 0 heterocycles. The Morgan fingerprint density at radius 1 is 1.58 bits per heavy atom. The van der Waals surface area contributed by atoms with Crippen molar-refractivity contribution in [3.05, 3.63) is 33.3 Å². The minimum absolute atomic E-state index is 0.166. The maximum Gasteiger partial charge on any atom is 0.0409 e. The molecular formula is C9H11BrClN. The smallest absolute Gasteiger partial charge is 0.0409 e. The fourth-order valence-electron chi connectivity index (χ4n) is 1.05. The van der Waals surface area contributed by atoms with Crippen molar-refractivity contribution in [3.8, 4) is 0 Å². The van der Waals surface area contributed by atoms with Crippen LogP contribution in [0.1, 0.15) is 12.5 Å². The van der Waals surface area contributed by atoms with E-state index in [4.69, 9.17) is 17.3 Å². The van der Waals surface area contributed by atoms with Crippen LogP contribution in [0.5, 0.6) is 0 Å². The largest absolute Gasteiger partial charge is 0.328 e. The van der Waals surface area contributed by atoms with E-state index in [9.17, 15) is 0 Å². The Kier molecular flexibility index (Phi) is 3.56. The van der Waals surface area contributed by atoms with E-state index in [0.29, 0.717) is 0 Å². The standard InChI is InChI=1S/C9H11BrClN/c1-6(12)4-7-5-8(11)2-3-9(7)10/h2-3,5-6H,4,12H2,1H3/t6-/m1/s1. The van der Waals surface area contributed by atoms with E-state index in [1.54, 1.807) is 0 Å². The monoisotopic (exact) mass is 247 g/mol. The first-order valence-corrected chi connectivity index (χ1v) is 4.96. The van der Waals surface area contributed by atoms with Crippen LogP contribution < -0.4 is 5.73 Å². The van der Waals surface area contributed by atoms with Crippen LogP contribution in [0.3, 0.4) is 0 Å². The number of halogens is 2. The predicted octanol–water partition coefficient (Wildman–Crippen LogP) is 2.99. The minimum Gasteiger partial charge on any atom is -0.328 e. The molecule has 1 atom stereocenters. The molecule has 1 nitrogen and oxygen atoms in total. The molecule has 0 aliphatic carbocycles. The summed E-state index contributed by atoms with van der Waals surface area (Å²) in [6.45, 7) is 1.98. The van der Waals surface area contributed by atoms with Gasteiger partial charge in [0.1, 0.15) is 0 Å². The average molecular weight is 249 g/mol. The second-order valence-electron chi connectivity index (χ2n) is 2.92. The van der Waals surface area contributed by atoms with Crippen LogP contribution in [-0.4, -0.2) is 6.04 Å². The van der Waals surface area contributed by atoms with Gasteiger partial charge in [0.25, 0.3) is 0 Å². The third-order valence-electron chi connectivity index (χ3n) is 1.55. The van der Waals surface area contributed by atoms with Gasteiger partial charge in [0, 0.05) is 15.5 Å². The van der Waals surface area contributed by atoms with Gasteiger partial charge in [0.2, 0.25) is 0 Å². The predicted molar refractivity (Wildman–Crippen MR) is 56.5 cm³/mol. The molecule has 1 aromatic carbocycles. The summed E-state index contributed by atoms with van der Waals surface area (Å²) in [5.74, 6) is 0. The van der Waals surface area contributed by atoms with E-state index < -0.39 is 0 Å². The SMILES string of the molecule is C[C@@H](N)Cc1cc(Cl)ccc1Br. The van der Waals surface area contributed by atoms with Crippen LogP contribution in [0.2, 0.25) is 5.02 Å². The van der Waals surface area contributed by atoms with Gasteiger partial charge in [-0.15, -0.1) is 0 Å². The Balaban J connectivity index is 2.90. The van der Waals surface area contributed by atoms with Crippen molar-refractivity contribution in [2.24, 2.45) is 5.73 Å². The van der Waals surface area contributed by atoms with Crippen molar-refractivity contribution in [2.45, 2.75) is 19.4 Å². The first kappa shape index (κ1) is 10.0. The summed E-state index contributed by atoms with van der Waals surface area (Å²) < 4.78 is 1.07. The number of benzene rings is 1. The highest BCUT2D eigenvalue weighted by atomic mass is 79.9. The van der Waals surface area contributed by atoms with E-state index in [-0.39, 0.29) is 6.04 Å². The molecule has 0 amide bonds. The molecular weight excluding hydrogens is 237 g/mol. The molecule has 0 aromatic heterocycles. The van der Waals surface area contributed by atoms with Gasteiger partial charge in [-0.05, 0) is 37.1 Å². The summed E-state index contributed by atoms with van der Waals surface area (Å²) in [5.41, 5.74) is 6.84. The van der Waals surface area contributed by atoms with E-state index >= 15 is 0 Å². The van der Waals surface area contributed by atoms with Gasteiger partial charge in [-0.1, -0.05) is 27.5 Å². The molecule has 1 aromatic rings. The molecule has 0 unspecified atom stereocenters. The molecule has 1 rings (SSSR count). The number of nitrogens with two attached hydrogens (primary N) is 1. The minimum atomic E-state index is 0.166. The fourth-order valence-corrected chi connectivity index (χ4v) is 1.65. The highest BCUT2D eigenvalue weighted by Gasteiger charge is 2.02. The van der Waals surface area contributed by atoms with Gasteiger partial charge < -0.3 is 5.73 Å². The first-order valence-electron chi connectivity index (χ1n) is 3.79. The number of hydrogen-bond acceptors (Lipinski definition) is 1. The zero-order chi connectivity index (χ0) is 9.14. The molecule has 0 bridgehead atoms. The summed E-state index contributed by atoms with van der Waals surface area (Å²) in [4.78, 5) is 0. The van der Waals surface area contributed by atoms with Crippen molar-refractivity contribution in [2.75, 3.05) is 0 Å². The third-order valence-corrected chi connectivity index (χ3v) is 2.56. The molecule has 2 N–H and O–H groups in total. The lowest BCUT2D eigenvalue weighted by molar-refractivity contribution is 0.736. The Bertz CT molecular complexity index is 273. The van der Waals surface area contributed by atoms with Crippen molar-refractivity contribution >= 4 is 27.5 Å². The topological polar surface area (TPSA) is 26.0 Å². The van der Waals surface area contributed by atoms with Crippen molar-refractivity contribution in [1.29, 1.82) is 0 Å². The molecule has 0 aliphatic rings. The zero-order valence-corrected chi connectivity index (χ0v) is 9.19. The number of rotatable bonds is 2. The molecule has 0 fully saturated rings. The Hall–Kier alpha value is -0.0500. The summed E-state index contributed by atoms with van der Waals surface area (Å²) in [6.07, 6.45) is 0.848. The second-order valence-corrected chi connectivity index (χ2v) is 4.21. The van der Waals surface area contributed by atoms with Gasteiger partial charge in [-0.25, -0.2) is 0 Å². The van der Waals surface area contributed by atoms with Crippen LogP contribution >= 0.6 is 27.5 Å².